The summed E-state index contributed by atoms with van der Waals surface area (Å²) in [5, 5.41) is 14.2. The molecule has 1 atom stereocenters. The molecule has 2 N–H and O–H groups in total. The number of aryl methyl sites for hydroxylation is 1. The molecular formula is C19H22N2O3. The Labute approximate surface area is 141 Å². The summed E-state index contributed by atoms with van der Waals surface area (Å²) >= 11 is 0. The van der Waals surface area contributed by atoms with E-state index in [9.17, 15) is 9.90 Å². The van der Waals surface area contributed by atoms with E-state index in [1.165, 1.54) is 12.8 Å². The maximum Gasteiger partial charge on any atom is 0.337 e. The van der Waals surface area contributed by atoms with E-state index in [1.807, 2.05) is 42.5 Å². The molecule has 2 aromatic carbocycles. The second-order valence-corrected chi connectivity index (χ2v) is 5.91. The third-order valence-corrected chi connectivity index (χ3v) is 4.04. The van der Waals surface area contributed by atoms with E-state index in [0.717, 1.165) is 24.1 Å². The van der Waals surface area contributed by atoms with Gasteiger partial charge in [0.25, 0.3) is 6.35 Å². The summed E-state index contributed by atoms with van der Waals surface area (Å²) in [6, 6.07) is 15.2. The number of carbonyl (C=O) groups is 1. The van der Waals surface area contributed by atoms with Crippen LogP contribution in [0.2, 0.25) is 0 Å². The Morgan fingerprint density at radius 3 is 2.71 bits per heavy atom. The molecule has 1 saturated heterocycles. The minimum absolute atomic E-state index is 0.256. The summed E-state index contributed by atoms with van der Waals surface area (Å²) in [7, 11) is 0. The lowest BCUT2D eigenvalue weighted by Crippen LogP contribution is -2.13. The van der Waals surface area contributed by atoms with E-state index in [2.05, 4.69) is 12.2 Å². The van der Waals surface area contributed by atoms with Crippen LogP contribution in [0.3, 0.4) is 0 Å². The number of unbranched alkanes of at least 4 members (excludes halogenated alkanes) is 2. The number of nitrogens with zero attached hydrogens (tertiary/aromatic N) is 1. The van der Waals surface area contributed by atoms with Gasteiger partial charge in [-0.1, -0.05) is 44.0 Å². The number of rotatable bonds is 8. The van der Waals surface area contributed by atoms with Crippen molar-refractivity contribution in [3.63, 3.8) is 0 Å². The van der Waals surface area contributed by atoms with Crippen molar-refractivity contribution in [1.29, 1.82) is 0 Å². The van der Waals surface area contributed by atoms with E-state index in [4.69, 9.17) is 4.84 Å². The van der Waals surface area contributed by atoms with Crippen molar-refractivity contribution < 1.29 is 14.7 Å². The molecule has 1 unspecified atom stereocenters. The molecule has 0 bridgehead atoms. The van der Waals surface area contributed by atoms with Crippen LogP contribution >= 0.6 is 0 Å². The zero-order valence-corrected chi connectivity index (χ0v) is 13.7. The largest absolute Gasteiger partial charge is 0.478 e. The van der Waals surface area contributed by atoms with Crippen LogP contribution in [0.15, 0.2) is 48.5 Å². The third-order valence-electron chi connectivity index (χ3n) is 4.04. The molecule has 5 heteroatoms. The number of hydroxylamine groups is 1. The van der Waals surface area contributed by atoms with Crippen molar-refractivity contribution in [3.8, 4) is 0 Å². The molecule has 0 aliphatic carbocycles. The Morgan fingerprint density at radius 2 is 2.00 bits per heavy atom. The zero-order valence-electron chi connectivity index (χ0n) is 13.7. The molecule has 0 radical (unpaired) electrons. The van der Waals surface area contributed by atoms with Gasteiger partial charge in [-0.05, 0) is 42.7 Å². The summed E-state index contributed by atoms with van der Waals surface area (Å²) < 4.78 is 0. The van der Waals surface area contributed by atoms with Crippen LogP contribution in [-0.2, 0) is 11.3 Å². The second kappa shape index (κ2) is 7.36. The highest BCUT2D eigenvalue weighted by Gasteiger charge is 2.39. The predicted octanol–water partition coefficient (Wildman–Crippen LogP) is 4.26. The number of carboxylic acid groups (broad SMARTS) is 1. The first-order valence-corrected chi connectivity index (χ1v) is 8.33. The Hall–Kier alpha value is -2.53. The number of aromatic carboxylic acids is 1. The maximum atomic E-state index is 11.5. The number of nitrogens with one attached hydrogen (secondary N) is 1. The SMILES string of the molecule is CCCCCc1ccc(C(=O)O)c(N2OC2Nc2ccccc2)c1. The van der Waals surface area contributed by atoms with E-state index in [0.29, 0.717) is 5.69 Å². The molecule has 0 amide bonds. The lowest BCUT2D eigenvalue weighted by atomic mass is 10.0. The van der Waals surface area contributed by atoms with Gasteiger partial charge < -0.3 is 10.4 Å². The second-order valence-electron chi connectivity index (χ2n) is 5.91. The van der Waals surface area contributed by atoms with Gasteiger partial charge >= 0.3 is 5.97 Å². The van der Waals surface area contributed by atoms with Gasteiger partial charge in [0.15, 0.2) is 0 Å². The van der Waals surface area contributed by atoms with Gasteiger partial charge in [0.05, 0.1) is 11.3 Å². The Kier molecular flexibility index (Phi) is 5.01. The summed E-state index contributed by atoms with van der Waals surface area (Å²) in [6.07, 6.45) is 4.06. The number of hydrogen-bond donors (Lipinski definition) is 2. The van der Waals surface area contributed by atoms with E-state index in [-0.39, 0.29) is 11.9 Å². The predicted molar refractivity (Wildman–Crippen MR) is 94.0 cm³/mol. The highest BCUT2D eigenvalue weighted by molar-refractivity contribution is 5.94. The average molecular weight is 326 g/mol. The molecule has 1 aliphatic heterocycles. The highest BCUT2D eigenvalue weighted by Crippen LogP contribution is 2.34. The Balaban J connectivity index is 1.73. The first-order chi connectivity index (χ1) is 11.7. The van der Waals surface area contributed by atoms with Crippen molar-refractivity contribution >= 4 is 17.3 Å². The van der Waals surface area contributed by atoms with Gasteiger partial charge in [-0.15, -0.1) is 0 Å². The van der Waals surface area contributed by atoms with Crippen LogP contribution < -0.4 is 10.4 Å². The Bertz CT molecular complexity index is 703. The number of carboxylic acids is 1. The summed E-state index contributed by atoms with van der Waals surface area (Å²) in [5.41, 5.74) is 2.93. The van der Waals surface area contributed by atoms with E-state index in [1.54, 1.807) is 11.1 Å². The van der Waals surface area contributed by atoms with Gasteiger partial charge in [0.1, 0.15) is 0 Å². The molecule has 5 nitrogen and oxygen atoms in total. The minimum Gasteiger partial charge on any atom is -0.478 e. The first kappa shape index (κ1) is 16.3. The van der Waals surface area contributed by atoms with Gasteiger partial charge in [-0.3, -0.25) is 0 Å². The fraction of sp³-hybridized carbons (Fsp3) is 0.316. The minimum atomic E-state index is -0.945. The van der Waals surface area contributed by atoms with Crippen LogP contribution in [0.1, 0.15) is 42.1 Å². The summed E-state index contributed by atoms with van der Waals surface area (Å²) in [4.78, 5) is 17.0. The molecule has 0 aromatic heterocycles. The smallest absolute Gasteiger partial charge is 0.337 e. The fourth-order valence-electron chi connectivity index (χ4n) is 2.70. The summed E-state index contributed by atoms with van der Waals surface area (Å²) in [5.74, 6) is -0.945. The van der Waals surface area contributed by atoms with Crippen LogP contribution in [0.25, 0.3) is 0 Å². The first-order valence-electron chi connectivity index (χ1n) is 8.33. The van der Waals surface area contributed by atoms with Crippen LogP contribution in [0.5, 0.6) is 0 Å². The maximum absolute atomic E-state index is 11.5. The van der Waals surface area contributed by atoms with Crippen LogP contribution in [-0.4, -0.2) is 17.4 Å². The van der Waals surface area contributed by atoms with Crippen molar-refractivity contribution in [2.75, 3.05) is 10.4 Å². The lowest BCUT2D eigenvalue weighted by Gasteiger charge is -2.09. The normalized spacial score (nSPS) is 16.0. The van der Waals surface area contributed by atoms with Crippen molar-refractivity contribution in [2.24, 2.45) is 0 Å². The third kappa shape index (κ3) is 3.86. The number of anilines is 2. The molecule has 126 valence electrons. The molecule has 24 heavy (non-hydrogen) atoms. The van der Waals surface area contributed by atoms with E-state index >= 15 is 0 Å². The quantitative estimate of drug-likeness (QED) is 0.560. The number of benzene rings is 2. The molecule has 1 heterocycles. The average Bonchev–Trinajstić information content (AvgIpc) is 3.35. The molecule has 1 fully saturated rings. The molecular weight excluding hydrogens is 304 g/mol. The zero-order chi connectivity index (χ0) is 16.9. The molecule has 2 aromatic rings. The monoisotopic (exact) mass is 326 g/mol. The van der Waals surface area contributed by atoms with E-state index < -0.39 is 5.97 Å². The topological polar surface area (TPSA) is 64.9 Å². The van der Waals surface area contributed by atoms with Gasteiger partial charge in [0.2, 0.25) is 0 Å². The number of para-hydroxylation sites is 1. The van der Waals surface area contributed by atoms with Gasteiger partial charge in [-0.25, -0.2) is 9.63 Å². The van der Waals surface area contributed by atoms with Crippen molar-refractivity contribution in [1.82, 2.24) is 0 Å². The lowest BCUT2D eigenvalue weighted by molar-refractivity contribution is 0.0697. The van der Waals surface area contributed by atoms with Crippen molar-refractivity contribution in [3.05, 3.63) is 59.7 Å². The van der Waals surface area contributed by atoms with Gasteiger partial charge in [0, 0.05) is 5.69 Å². The standard InChI is InChI=1S/C19H22N2O3/c1-2-3-5-8-14-11-12-16(18(22)23)17(13-14)21-19(24-21)20-15-9-6-4-7-10-15/h4,6-7,9-13,19-20H,2-3,5,8H2,1H3,(H,22,23). The van der Waals surface area contributed by atoms with Gasteiger partial charge in [-0.2, -0.15) is 5.06 Å². The highest BCUT2D eigenvalue weighted by atomic mass is 16.8. The molecule has 1 aliphatic rings. The molecule has 0 spiro atoms. The number of hydrogen-bond acceptors (Lipinski definition) is 4. The molecule has 3 rings (SSSR count). The van der Waals surface area contributed by atoms with Crippen molar-refractivity contribution in [2.45, 2.75) is 39.0 Å². The summed E-state index contributed by atoms with van der Waals surface area (Å²) in [6.45, 7) is 2.17. The van der Waals surface area contributed by atoms with Crippen LogP contribution in [0, 0.1) is 0 Å². The van der Waals surface area contributed by atoms with Crippen LogP contribution in [0.4, 0.5) is 11.4 Å². The molecule has 0 saturated carbocycles. The Morgan fingerprint density at radius 1 is 1.21 bits per heavy atom. The fourth-order valence-corrected chi connectivity index (χ4v) is 2.70.